The number of carbonyl (C=O) groups excluding carboxylic acids is 1. The maximum absolute atomic E-state index is 12.3. The molecule has 0 bridgehead atoms. The highest BCUT2D eigenvalue weighted by molar-refractivity contribution is 7.89. The van der Waals surface area contributed by atoms with E-state index in [0.717, 1.165) is 30.2 Å². The molecule has 1 fully saturated rings. The van der Waals surface area contributed by atoms with Crippen molar-refractivity contribution in [2.75, 3.05) is 26.7 Å². The number of hydrogen-bond donors (Lipinski definition) is 2. The van der Waals surface area contributed by atoms with Gasteiger partial charge < -0.3 is 10.6 Å². The van der Waals surface area contributed by atoms with Gasteiger partial charge in [0.05, 0.1) is 11.4 Å². The van der Waals surface area contributed by atoms with Gasteiger partial charge in [0.25, 0.3) is 0 Å². The maximum atomic E-state index is 12.3. The largest absolute Gasteiger partial charge is 0.351 e. The van der Waals surface area contributed by atoms with Crippen LogP contribution in [0.2, 0.25) is 0 Å². The Hall–Kier alpha value is -1.15. The van der Waals surface area contributed by atoms with Crippen molar-refractivity contribution in [2.24, 2.45) is 0 Å². The fraction of sp³-hybridized carbons (Fsp3) is 0.500. The molecule has 0 saturated carbocycles. The Balaban J connectivity index is 0.00000242. The number of likely N-dealkylation sites (N-methyl/N-ethyl adjacent to an activating group) is 1. The van der Waals surface area contributed by atoms with Crippen LogP contribution >= 0.6 is 12.4 Å². The van der Waals surface area contributed by atoms with E-state index in [1.165, 1.54) is 19.2 Å². The van der Waals surface area contributed by atoms with Gasteiger partial charge in [-0.3, -0.25) is 4.79 Å². The Morgan fingerprint density at radius 2 is 2.05 bits per heavy atom. The lowest BCUT2D eigenvalue weighted by atomic mass is 10.1. The van der Waals surface area contributed by atoms with Crippen LogP contribution in [0, 0.1) is 0 Å². The smallest absolute Gasteiger partial charge is 0.243 e. The summed E-state index contributed by atoms with van der Waals surface area (Å²) in [6.07, 6.45) is 1.94. The standard InChI is InChI=1S/C14H21N3O3S.ClH/c1-17(21(19,20)13-7-3-2-4-8-13)11-14(18)16-12-6-5-9-15-10-12;/h2-4,7-8,12,15H,5-6,9-11H2,1H3,(H,16,18);1H. The normalized spacial score (nSPS) is 18.5. The minimum Gasteiger partial charge on any atom is -0.351 e. The third-order valence-electron chi connectivity index (χ3n) is 3.48. The highest BCUT2D eigenvalue weighted by Gasteiger charge is 2.24. The van der Waals surface area contributed by atoms with Crippen LogP contribution in [-0.4, -0.2) is 51.4 Å². The SMILES string of the molecule is CN(CC(=O)NC1CCCNC1)S(=O)(=O)c1ccccc1.Cl. The molecule has 1 aromatic rings. The number of hydrogen-bond acceptors (Lipinski definition) is 4. The van der Waals surface area contributed by atoms with Crippen molar-refractivity contribution < 1.29 is 13.2 Å². The minimum absolute atomic E-state index is 0. The van der Waals surface area contributed by atoms with E-state index < -0.39 is 10.0 Å². The molecule has 8 heteroatoms. The van der Waals surface area contributed by atoms with Crippen molar-refractivity contribution in [1.29, 1.82) is 0 Å². The van der Waals surface area contributed by atoms with Crippen molar-refractivity contribution >= 4 is 28.3 Å². The van der Waals surface area contributed by atoms with Crippen LogP contribution < -0.4 is 10.6 Å². The zero-order valence-electron chi connectivity index (χ0n) is 12.5. The number of benzene rings is 1. The van der Waals surface area contributed by atoms with Gasteiger partial charge in [-0.05, 0) is 31.5 Å². The minimum atomic E-state index is -3.62. The molecule has 2 N–H and O–H groups in total. The van der Waals surface area contributed by atoms with Crippen LogP contribution in [0.1, 0.15) is 12.8 Å². The molecular formula is C14H22ClN3O3S. The first-order chi connectivity index (χ1) is 10.00. The molecule has 1 heterocycles. The summed E-state index contributed by atoms with van der Waals surface area (Å²) in [6, 6.07) is 8.20. The summed E-state index contributed by atoms with van der Waals surface area (Å²) >= 11 is 0. The molecule has 1 saturated heterocycles. The zero-order chi connectivity index (χ0) is 15.3. The molecule has 6 nitrogen and oxygen atoms in total. The van der Waals surface area contributed by atoms with Gasteiger partial charge in [-0.25, -0.2) is 8.42 Å². The van der Waals surface area contributed by atoms with Gasteiger partial charge in [0.15, 0.2) is 0 Å². The van der Waals surface area contributed by atoms with Crippen LogP contribution in [-0.2, 0) is 14.8 Å². The Morgan fingerprint density at radius 1 is 1.36 bits per heavy atom. The van der Waals surface area contributed by atoms with Gasteiger partial charge in [-0.1, -0.05) is 18.2 Å². The summed E-state index contributed by atoms with van der Waals surface area (Å²) in [6.45, 7) is 1.53. The molecular weight excluding hydrogens is 326 g/mol. The zero-order valence-corrected chi connectivity index (χ0v) is 14.1. The summed E-state index contributed by atoms with van der Waals surface area (Å²) in [5.74, 6) is -0.272. The lowest BCUT2D eigenvalue weighted by Gasteiger charge is -2.25. The number of nitrogens with zero attached hydrogens (tertiary/aromatic N) is 1. The van der Waals surface area contributed by atoms with Gasteiger partial charge in [-0.2, -0.15) is 4.31 Å². The average Bonchev–Trinajstić information content (AvgIpc) is 2.49. The number of rotatable bonds is 5. The lowest BCUT2D eigenvalue weighted by molar-refractivity contribution is -0.121. The monoisotopic (exact) mass is 347 g/mol. The molecule has 0 aromatic heterocycles. The predicted octanol–water partition coefficient (Wildman–Crippen LogP) is 0.597. The molecule has 1 aromatic carbocycles. The Labute approximate surface area is 137 Å². The fourth-order valence-electron chi connectivity index (χ4n) is 2.31. The van der Waals surface area contributed by atoms with E-state index in [4.69, 9.17) is 0 Å². The third kappa shape index (κ3) is 4.95. The molecule has 2 rings (SSSR count). The van der Waals surface area contributed by atoms with Gasteiger partial charge >= 0.3 is 0 Å². The molecule has 0 spiro atoms. The Kier molecular flexibility index (Phi) is 7.28. The topological polar surface area (TPSA) is 78.5 Å². The van der Waals surface area contributed by atoms with Gasteiger partial charge in [-0.15, -0.1) is 12.4 Å². The van der Waals surface area contributed by atoms with Crippen LogP contribution in [0.5, 0.6) is 0 Å². The second-order valence-corrected chi connectivity index (χ2v) is 7.23. The maximum Gasteiger partial charge on any atom is 0.243 e. The number of halogens is 1. The summed E-state index contributed by atoms with van der Waals surface area (Å²) in [5, 5.41) is 6.07. The van der Waals surface area contributed by atoms with E-state index in [-0.39, 0.29) is 35.8 Å². The molecule has 1 unspecified atom stereocenters. The highest BCUT2D eigenvalue weighted by atomic mass is 35.5. The number of carbonyl (C=O) groups is 1. The second-order valence-electron chi connectivity index (χ2n) is 5.18. The van der Waals surface area contributed by atoms with Crippen LogP contribution in [0.4, 0.5) is 0 Å². The summed E-state index contributed by atoms with van der Waals surface area (Å²) in [5.41, 5.74) is 0. The van der Waals surface area contributed by atoms with Gasteiger partial charge in [0.2, 0.25) is 15.9 Å². The number of nitrogens with one attached hydrogen (secondary N) is 2. The van der Waals surface area contributed by atoms with Crippen molar-refractivity contribution in [3.8, 4) is 0 Å². The van der Waals surface area contributed by atoms with Crippen molar-refractivity contribution in [1.82, 2.24) is 14.9 Å². The number of amides is 1. The number of sulfonamides is 1. The van der Waals surface area contributed by atoms with E-state index >= 15 is 0 Å². The van der Waals surface area contributed by atoms with E-state index in [2.05, 4.69) is 10.6 Å². The molecule has 1 atom stereocenters. The summed E-state index contributed by atoms with van der Waals surface area (Å²) < 4.78 is 25.7. The quantitative estimate of drug-likeness (QED) is 0.817. The molecule has 22 heavy (non-hydrogen) atoms. The van der Waals surface area contributed by atoms with Crippen molar-refractivity contribution in [3.05, 3.63) is 30.3 Å². The fourth-order valence-corrected chi connectivity index (χ4v) is 3.46. The van der Waals surface area contributed by atoms with Crippen molar-refractivity contribution in [2.45, 2.75) is 23.8 Å². The Bertz CT molecular complexity index is 574. The second kappa shape index (κ2) is 8.47. The first kappa shape index (κ1) is 18.9. The Morgan fingerprint density at radius 3 is 2.64 bits per heavy atom. The van der Waals surface area contributed by atoms with Crippen molar-refractivity contribution in [3.63, 3.8) is 0 Å². The van der Waals surface area contributed by atoms with Gasteiger partial charge in [0, 0.05) is 19.6 Å². The van der Waals surface area contributed by atoms with Crippen LogP contribution in [0.15, 0.2) is 35.2 Å². The third-order valence-corrected chi connectivity index (χ3v) is 5.30. The van der Waals surface area contributed by atoms with E-state index in [1.54, 1.807) is 18.2 Å². The molecule has 124 valence electrons. The van der Waals surface area contributed by atoms with E-state index in [0.29, 0.717) is 0 Å². The summed E-state index contributed by atoms with van der Waals surface area (Å²) in [7, 11) is -2.20. The van der Waals surface area contributed by atoms with Crippen LogP contribution in [0.3, 0.4) is 0 Å². The molecule has 1 aliphatic rings. The number of piperidine rings is 1. The molecule has 0 aliphatic carbocycles. The highest BCUT2D eigenvalue weighted by Crippen LogP contribution is 2.13. The van der Waals surface area contributed by atoms with Gasteiger partial charge in [0.1, 0.15) is 0 Å². The lowest BCUT2D eigenvalue weighted by Crippen LogP contribution is -2.48. The van der Waals surface area contributed by atoms with E-state index in [1.807, 2.05) is 0 Å². The predicted molar refractivity (Wildman–Crippen MR) is 87.5 cm³/mol. The first-order valence-electron chi connectivity index (χ1n) is 7.01. The molecule has 1 aliphatic heterocycles. The van der Waals surface area contributed by atoms with E-state index in [9.17, 15) is 13.2 Å². The molecule has 0 radical (unpaired) electrons. The average molecular weight is 348 g/mol. The van der Waals surface area contributed by atoms with Crippen LogP contribution in [0.25, 0.3) is 0 Å². The first-order valence-corrected chi connectivity index (χ1v) is 8.45. The summed E-state index contributed by atoms with van der Waals surface area (Å²) in [4.78, 5) is 12.1. The molecule has 1 amide bonds.